The molecular formula is C17H14FN3O3S. The number of halogens is 1. The molecule has 25 heavy (non-hydrogen) atoms. The van der Waals surface area contributed by atoms with Crippen LogP contribution in [-0.2, 0) is 10.0 Å². The van der Waals surface area contributed by atoms with Crippen molar-refractivity contribution in [2.75, 3.05) is 0 Å². The number of carbonyl (C=O) groups excluding carboxylic acids is 1. The topological polar surface area (TPSA) is 81.1 Å². The number of hydrogen-bond acceptors (Lipinski definition) is 4. The van der Waals surface area contributed by atoms with Crippen molar-refractivity contribution in [3.05, 3.63) is 78.1 Å². The van der Waals surface area contributed by atoms with Crippen LogP contribution in [0.1, 0.15) is 16.1 Å². The Balaban J connectivity index is 1.90. The van der Waals surface area contributed by atoms with Crippen molar-refractivity contribution in [2.45, 2.75) is 11.8 Å². The molecule has 0 atom stereocenters. The molecule has 3 aromatic rings. The van der Waals surface area contributed by atoms with Crippen molar-refractivity contribution in [2.24, 2.45) is 0 Å². The van der Waals surface area contributed by atoms with Gasteiger partial charge in [0.2, 0.25) is 0 Å². The maximum Gasteiger partial charge on any atom is 0.283 e. The summed E-state index contributed by atoms with van der Waals surface area (Å²) in [6.45, 7) is 1.75. The molecule has 8 heteroatoms. The molecule has 1 amide bonds. The summed E-state index contributed by atoms with van der Waals surface area (Å²) in [6.07, 6.45) is 2.59. The largest absolute Gasteiger partial charge is 0.295 e. The van der Waals surface area contributed by atoms with Crippen LogP contribution >= 0.6 is 0 Å². The first-order valence-corrected chi connectivity index (χ1v) is 8.77. The lowest BCUT2D eigenvalue weighted by Gasteiger charge is -2.10. The fraction of sp³-hybridized carbons (Fsp3) is 0.0588. The van der Waals surface area contributed by atoms with Crippen LogP contribution in [0.5, 0.6) is 0 Å². The maximum absolute atomic E-state index is 13.0. The minimum atomic E-state index is -4.01. The van der Waals surface area contributed by atoms with Gasteiger partial charge in [0.05, 0.1) is 17.4 Å². The highest BCUT2D eigenvalue weighted by atomic mass is 32.2. The number of amides is 1. The summed E-state index contributed by atoms with van der Waals surface area (Å²) in [5.74, 6) is -1.25. The lowest BCUT2D eigenvalue weighted by molar-refractivity contribution is 0.0975. The molecule has 0 radical (unpaired) electrons. The van der Waals surface area contributed by atoms with E-state index in [-0.39, 0.29) is 10.6 Å². The predicted octanol–water partition coefficient (Wildman–Crippen LogP) is 2.44. The Hall–Kier alpha value is -3.00. The van der Waals surface area contributed by atoms with E-state index >= 15 is 0 Å². The molecule has 0 spiro atoms. The summed E-state index contributed by atoms with van der Waals surface area (Å²) in [5.41, 5.74) is 1.26. The average Bonchev–Trinajstić information content (AvgIpc) is 3.05. The Morgan fingerprint density at radius 1 is 1.16 bits per heavy atom. The van der Waals surface area contributed by atoms with Gasteiger partial charge >= 0.3 is 0 Å². The van der Waals surface area contributed by atoms with Crippen LogP contribution in [0.25, 0.3) is 5.69 Å². The zero-order valence-electron chi connectivity index (χ0n) is 13.2. The summed E-state index contributed by atoms with van der Waals surface area (Å²) >= 11 is 0. The summed E-state index contributed by atoms with van der Waals surface area (Å²) in [5, 5.41) is 0. The molecular weight excluding hydrogens is 345 g/mol. The molecule has 0 unspecified atom stereocenters. The van der Waals surface area contributed by atoms with Gasteiger partial charge in [-0.15, -0.1) is 0 Å². The van der Waals surface area contributed by atoms with E-state index in [1.165, 1.54) is 53.5 Å². The number of nitrogens with one attached hydrogen (secondary N) is 1. The number of rotatable bonds is 4. The smallest absolute Gasteiger partial charge is 0.283 e. The van der Waals surface area contributed by atoms with E-state index in [0.29, 0.717) is 5.69 Å². The van der Waals surface area contributed by atoms with Crippen LogP contribution in [0.4, 0.5) is 4.39 Å². The second-order valence-electron chi connectivity index (χ2n) is 5.38. The third kappa shape index (κ3) is 3.58. The SMILES string of the molecule is Cc1cccc(S(=O)(=O)NC(=O)c2cncn2-c2ccc(F)cc2)c1. The van der Waals surface area contributed by atoms with Gasteiger partial charge in [-0.25, -0.2) is 22.5 Å². The zero-order chi connectivity index (χ0) is 18.0. The van der Waals surface area contributed by atoms with E-state index in [4.69, 9.17) is 0 Å². The first kappa shape index (κ1) is 16.8. The molecule has 0 saturated heterocycles. The number of hydrogen-bond donors (Lipinski definition) is 1. The number of nitrogens with zero attached hydrogens (tertiary/aromatic N) is 2. The molecule has 0 aliphatic heterocycles. The molecule has 1 N–H and O–H groups in total. The lowest BCUT2D eigenvalue weighted by Crippen LogP contribution is -2.32. The number of aryl methyl sites for hydroxylation is 1. The second-order valence-corrected chi connectivity index (χ2v) is 7.06. The molecule has 3 rings (SSSR count). The molecule has 0 fully saturated rings. The van der Waals surface area contributed by atoms with Crippen LogP contribution in [0.15, 0.2) is 66.0 Å². The molecule has 0 aliphatic carbocycles. The van der Waals surface area contributed by atoms with E-state index in [1.54, 1.807) is 19.1 Å². The lowest BCUT2D eigenvalue weighted by atomic mass is 10.2. The highest BCUT2D eigenvalue weighted by Gasteiger charge is 2.21. The number of imidazole rings is 1. The summed E-state index contributed by atoms with van der Waals surface area (Å²) < 4.78 is 41.2. The van der Waals surface area contributed by atoms with Crippen molar-refractivity contribution in [1.29, 1.82) is 0 Å². The van der Waals surface area contributed by atoms with Crippen LogP contribution < -0.4 is 4.72 Å². The van der Waals surface area contributed by atoms with Crippen molar-refractivity contribution in [3.8, 4) is 5.69 Å². The van der Waals surface area contributed by atoms with Gasteiger partial charge in [0, 0.05) is 5.69 Å². The van der Waals surface area contributed by atoms with Crippen molar-refractivity contribution >= 4 is 15.9 Å². The standard InChI is InChI=1S/C17H14FN3O3S/c1-12-3-2-4-15(9-12)25(23,24)20-17(22)16-10-19-11-21(16)14-7-5-13(18)6-8-14/h2-11H,1H3,(H,20,22). The van der Waals surface area contributed by atoms with E-state index in [0.717, 1.165) is 5.56 Å². The average molecular weight is 359 g/mol. The zero-order valence-corrected chi connectivity index (χ0v) is 14.0. The van der Waals surface area contributed by atoms with Crippen molar-refractivity contribution in [3.63, 3.8) is 0 Å². The maximum atomic E-state index is 13.0. The van der Waals surface area contributed by atoms with Crippen LogP contribution in [0, 0.1) is 12.7 Å². The Kier molecular flexibility index (Phi) is 4.37. The van der Waals surface area contributed by atoms with Gasteiger partial charge in [-0.1, -0.05) is 12.1 Å². The molecule has 128 valence electrons. The third-order valence-electron chi connectivity index (χ3n) is 3.50. The van der Waals surface area contributed by atoms with Crippen LogP contribution in [0.2, 0.25) is 0 Å². The number of sulfonamides is 1. The van der Waals surface area contributed by atoms with E-state index in [9.17, 15) is 17.6 Å². The number of aromatic nitrogens is 2. The van der Waals surface area contributed by atoms with Gasteiger partial charge in [0.25, 0.3) is 15.9 Å². The normalized spacial score (nSPS) is 11.3. The minimum Gasteiger partial charge on any atom is -0.295 e. The van der Waals surface area contributed by atoms with Gasteiger partial charge in [-0.3, -0.25) is 9.36 Å². The Morgan fingerprint density at radius 2 is 1.88 bits per heavy atom. The van der Waals surface area contributed by atoms with Crippen LogP contribution in [-0.4, -0.2) is 23.9 Å². The molecule has 2 aromatic carbocycles. The van der Waals surface area contributed by atoms with E-state index in [2.05, 4.69) is 4.98 Å². The first-order chi connectivity index (χ1) is 11.9. The highest BCUT2D eigenvalue weighted by Crippen LogP contribution is 2.14. The van der Waals surface area contributed by atoms with Crippen molar-refractivity contribution < 1.29 is 17.6 Å². The first-order valence-electron chi connectivity index (χ1n) is 7.29. The summed E-state index contributed by atoms with van der Waals surface area (Å²) in [7, 11) is -4.01. The summed E-state index contributed by atoms with van der Waals surface area (Å²) in [6, 6.07) is 11.6. The fourth-order valence-electron chi connectivity index (χ4n) is 2.29. The molecule has 1 aromatic heterocycles. The number of benzene rings is 2. The molecule has 0 aliphatic rings. The monoisotopic (exact) mass is 359 g/mol. The van der Waals surface area contributed by atoms with E-state index in [1.807, 2.05) is 4.72 Å². The Morgan fingerprint density at radius 3 is 2.56 bits per heavy atom. The minimum absolute atomic E-state index is 0.00584. The molecule has 0 saturated carbocycles. The highest BCUT2D eigenvalue weighted by molar-refractivity contribution is 7.90. The molecule has 1 heterocycles. The van der Waals surface area contributed by atoms with Gasteiger partial charge in [0.15, 0.2) is 0 Å². The fourth-order valence-corrected chi connectivity index (χ4v) is 3.35. The van der Waals surface area contributed by atoms with Gasteiger partial charge in [0.1, 0.15) is 11.5 Å². The molecule has 0 bridgehead atoms. The second kappa shape index (κ2) is 6.48. The van der Waals surface area contributed by atoms with Gasteiger partial charge in [-0.05, 0) is 48.9 Å². The Labute approximate surface area is 144 Å². The van der Waals surface area contributed by atoms with Gasteiger partial charge < -0.3 is 0 Å². The van der Waals surface area contributed by atoms with Gasteiger partial charge in [-0.2, -0.15) is 0 Å². The predicted molar refractivity (Wildman–Crippen MR) is 89.4 cm³/mol. The molecule has 6 nitrogen and oxygen atoms in total. The number of carbonyl (C=O) groups is 1. The Bertz CT molecular complexity index is 1030. The quantitative estimate of drug-likeness (QED) is 0.776. The van der Waals surface area contributed by atoms with Crippen molar-refractivity contribution in [1.82, 2.24) is 14.3 Å². The van der Waals surface area contributed by atoms with Crippen LogP contribution in [0.3, 0.4) is 0 Å². The summed E-state index contributed by atoms with van der Waals surface area (Å²) in [4.78, 5) is 16.3. The third-order valence-corrected chi connectivity index (χ3v) is 4.83. The van der Waals surface area contributed by atoms with E-state index < -0.39 is 21.7 Å².